The Hall–Kier alpha value is -1.06. The zero-order valence-electron chi connectivity index (χ0n) is 7.83. The van der Waals surface area contributed by atoms with Crippen molar-refractivity contribution in [3.8, 4) is 0 Å². The molecule has 13 heavy (non-hydrogen) atoms. The normalized spacial score (nSPS) is 15.3. The van der Waals surface area contributed by atoms with Gasteiger partial charge in [0.05, 0.1) is 0 Å². The molecular formula is C10H16N2O. The lowest BCUT2D eigenvalue weighted by Gasteiger charge is -2.21. The maximum absolute atomic E-state index is 9.62. The molecule has 1 rings (SSSR count). The molecular weight excluding hydrogens is 164 g/mol. The third-order valence-corrected chi connectivity index (χ3v) is 2.16. The topological polar surface area (TPSA) is 72.3 Å². The molecule has 1 aromatic rings. The molecule has 0 bridgehead atoms. The van der Waals surface area contributed by atoms with Crippen LogP contribution in [0.3, 0.4) is 0 Å². The van der Waals surface area contributed by atoms with Gasteiger partial charge in [-0.3, -0.25) is 0 Å². The van der Waals surface area contributed by atoms with Crippen molar-refractivity contribution in [1.82, 2.24) is 0 Å². The van der Waals surface area contributed by atoms with Gasteiger partial charge in [0.1, 0.15) is 5.72 Å². The first kappa shape index (κ1) is 10.0. The van der Waals surface area contributed by atoms with E-state index in [4.69, 9.17) is 11.5 Å². The maximum Gasteiger partial charge on any atom is 0.117 e. The monoisotopic (exact) mass is 180 g/mol. The van der Waals surface area contributed by atoms with Crippen molar-refractivity contribution in [1.29, 1.82) is 0 Å². The number of benzene rings is 1. The average molecular weight is 180 g/mol. The minimum Gasteiger partial charge on any atom is -0.399 e. The van der Waals surface area contributed by atoms with Gasteiger partial charge in [0.2, 0.25) is 0 Å². The first-order chi connectivity index (χ1) is 6.05. The molecule has 0 heterocycles. The predicted molar refractivity (Wildman–Crippen MR) is 54.0 cm³/mol. The number of rotatable bonds is 3. The second-order valence-electron chi connectivity index (χ2n) is 3.33. The van der Waals surface area contributed by atoms with Gasteiger partial charge < -0.3 is 16.6 Å². The Morgan fingerprint density at radius 2 is 2.00 bits per heavy atom. The average Bonchev–Trinajstić information content (AvgIpc) is 2.09. The Morgan fingerprint density at radius 3 is 2.54 bits per heavy atom. The second-order valence-corrected chi connectivity index (χ2v) is 3.33. The van der Waals surface area contributed by atoms with Crippen LogP contribution < -0.4 is 11.5 Å². The largest absolute Gasteiger partial charge is 0.399 e. The fourth-order valence-electron chi connectivity index (χ4n) is 1.15. The van der Waals surface area contributed by atoms with E-state index in [1.165, 1.54) is 0 Å². The smallest absolute Gasteiger partial charge is 0.117 e. The quantitative estimate of drug-likeness (QED) is 0.477. The van der Waals surface area contributed by atoms with E-state index < -0.39 is 5.72 Å². The van der Waals surface area contributed by atoms with E-state index >= 15 is 0 Å². The van der Waals surface area contributed by atoms with Crippen LogP contribution in [0, 0.1) is 0 Å². The third kappa shape index (κ3) is 2.72. The van der Waals surface area contributed by atoms with E-state index in [1.54, 1.807) is 6.07 Å². The molecule has 0 aliphatic carbocycles. The summed E-state index contributed by atoms with van der Waals surface area (Å²) in [5.41, 5.74) is 11.8. The van der Waals surface area contributed by atoms with Gasteiger partial charge in [0.25, 0.3) is 0 Å². The Kier molecular flexibility index (Phi) is 2.90. The molecule has 0 saturated heterocycles. The highest BCUT2D eigenvalue weighted by atomic mass is 16.3. The van der Waals surface area contributed by atoms with Gasteiger partial charge in [-0.1, -0.05) is 25.1 Å². The summed E-state index contributed by atoms with van der Waals surface area (Å²) in [5, 5.41) is 9.62. The van der Waals surface area contributed by atoms with Crippen LogP contribution in [0.4, 0.5) is 5.69 Å². The Bertz CT molecular complexity index is 284. The van der Waals surface area contributed by atoms with E-state index in [1.807, 2.05) is 25.1 Å². The molecule has 1 atom stereocenters. The number of hydrogen-bond donors (Lipinski definition) is 3. The number of aliphatic hydroxyl groups is 1. The van der Waals surface area contributed by atoms with Gasteiger partial charge in [-0.15, -0.1) is 0 Å². The first-order valence-electron chi connectivity index (χ1n) is 4.40. The summed E-state index contributed by atoms with van der Waals surface area (Å²) in [7, 11) is 0. The fraction of sp³-hybridized carbons (Fsp3) is 0.400. The van der Waals surface area contributed by atoms with Crippen LogP contribution in [0.25, 0.3) is 0 Å². The van der Waals surface area contributed by atoms with E-state index in [-0.39, 0.29) is 0 Å². The van der Waals surface area contributed by atoms with E-state index in [0.29, 0.717) is 18.5 Å². The van der Waals surface area contributed by atoms with Crippen LogP contribution in [0.1, 0.15) is 18.9 Å². The van der Waals surface area contributed by atoms with Gasteiger partial charge >= 0.3 is 0 Å². The Morgan fingerprint density at radius 1 is 1.38 bits per heavy atom. The number of nitrogen functional groups attached to an aromatic ring is 1. The fourth-order valence-corrected chi connectivity index (χ4v) is 1.15. The number of anilines is 1. The molecule has 0 aliphatic heterocycles. The predicted octanol–water partition coefficient (Wildman–Crippen LogP) is 0.869. The van der Waals surface area contributed by atoms with Crippen molar-refractivity contribution in [2.75, 3.05) is 5.73 Å². The summed E-state index contributed by atoms with van der Waals surface area (Å²) in [6.45, 7) is 1.85. The van der Waals surface area contributed by atoms with E-state index in [9.17, 15) is 5.11 Å². The lowest BCUT2D eigenvalue weighted by atomic mass is 10.00. The summed E-state index contributed by atoms with van der Waals surface area (Å²) in [6, 6.07) is 7.43. The first-order valence-corrected chi connectivity index (χ1v) is 4.40. The minimum absolute atomic E-state index is 0.399. The summed E-state index contributed by atoms with van der Waals surface area (Å²) < 4.78 is 0. The number of nitrogens with two attached hydrogens (primary N) is 2. The lowest BCUT2D eigenvalue weighted by molar-refractivity contribution is 0.0435. The highest BCUT2D eigenvalue weighted by Crippen LogP contribution is 2.17. The van der Waals surface area contributed by atoms with Crippen LogP contribution in [-0.4, -0.2) is 10.8 Å². The standard InChI is InChI=1S/C10H16N2O/c1-2-10(12,13)7-8-5-3-4-6-9(8)11/h3-6,13H,2,7,11-12H2,1H3. The molecule has 0 aliphatic rings. The molecule has 0 fully saturated rings. The van der Waals surface area contributed by atoms with Crippen LogP contribution in [0.15, 0.2) is 24.3 Å². The number of para-hydroxylation sites is 1. The highest BCUT2D eigenvalue weighted by Gasteiger charge is 2.19. The molecule has 0 aromatic heterocycles. The molecule has 0 amide bonds. The zero-order valence-corrected chi connectivity index (χ0v) is 7.83. The molecule has 0 spiro atoms. The van der Waals surface area contributed by atoms with E-state index in [2.05, 4.69) is 0 Å². The summed E-state index contributed by atoms with van der Waals surface area (Å²) in [6.07, 6.45) is 0.914. The van der Waals surface area contributed by atoms with Crippen molar-refractivity contribution < 1.29 is 5.11 Å². The van der Waals surface area contributed by atoms with Crippen LogP contribution in [-0.2, 0) is 6.42 Å². The number of hydrogen-bond acceptors (Lipinski definition) is 3. The molecule has 3 heteroatoms. The van der Waals surface area contributed by atoms with Crippen molar-refractivity contribution in [3.63, 3.8) is 0 Å². The molecule has 1 unspecified atom stereocenters. The van der Waals surface area contributed by atoms with E-state index in [0.717, 1.165) is 5.56 Å². The Labute approximate surface area is 78.4 Å². The summed E-state index contributed by atoms with van der Waals surface area (Å²) >= 11 is 0. The van der Waals surface area contributed by atoms with Crippen molar-refractivity contribution >= 4 is 5.69 Å². The van der Waals surface area contributed by atoms with Gasteiger partial charge in [0, 0.05) is 12.1 Å². The SMILES string of the molecule is CCC(N)(O)Cc1ccccc1N. The van der Waals surface area contributed by atoms with Gasteiger partial charge in [-0.2, -0.15) is 0 Å². The molecule has 3 nitrogen and oxygen atoms in total. The molecule has 1 aromatic carbocycles. The van der Waals surface area contributed by atoms with Crippen molar-refractivity contribution in [3.05, 3.63) is 29.8 Å². The second kappa shape index (κ2) is 3.77. The summed E-state index contributed by atoms with van der Waals surface area (Å²) in [5.74, 6) is 0. The van der Waals surface area contributed by atoms with Gasteiger partial charge in [-0.25, -0.2) is 0 Å². The van der Waals surface area contributed by atoms with Crippen LogP contribution in [0.5, 0.6) is 0 Å². The molecule has 0 saturated carbocycles. The van der Waals surface area contributed by atoms with Gasteiger partial charge in [-0.05, 0) is 18.1 Å². The maximum atomic E-state index is 9.62. The third-order valence-electron chi connectivity index (χ3n) is 2.16. The highest BCUT2D eigenvalue weighted by molar-refractivity contribution is 5.46. The van der Waals surface area contributed by atoms with Crippen molar-refractivity contribution in [2.24, 2.45) is 5.73 Å². The minimum atomic E-state index is -1.14. The zero-order chi connectivity index (χ0) is 9.90. The van der Waals surface area contributed by atoms with Crippen molar-refractivity contribution in [2.45, 2.75) is 25.5 Å². The molecule has 0 radical (unpaired) electrons. The summed E-state index contributed by atoms with van der Waals surface area (Å²) in [4.78, 5) is 0. The molecule has 72 valence electrons. The van der Waals surface area contributed by atoms with Crippen LogP contribution in [0.2, 0.25) is 0 Å². The van der Waals surface area contributed by atoms with Gasteiger partial charge in [0.15, 0.2) is 0 Å². The lowest BCUT2D eigenvalue weighted by Crippen LogP contribution is -2.41. The molecule has 5 N–H and O–H groups in total. The van der Waals surface area contributed by atoms with Crippen LogP contribution >= 0.6 is 0 Å². The Balaban J connectivity index is 2.80.